The minimum absolute atomic E-state index is 0. The maximum Gasteiger partial charge on any atom is -1.00 e. The predicted octanol–water partition coefficient (Wildman–Crippen LogP) is -2.09. The molecule has 0 spiro atoms. The number of rotatable bonds is 7. The van der Waals surface area contributed by atoms with Crippen LogP contribution in [0.5, 0.6) is 0 Å². The fourth-order valence-corrected chi connectivity index (χ4v) is 8.52. The van der Waals surface area contributed by atoms with E-state index in [9.17, 15) is 4.79 Å². The Morgan fingerprint density at radius 2 is 1.74 bits per heavy atom. The van der Waals surface area contributed by atoms with Crippen LogP contribution in [0.4, 0.5) is 0 Å². The average Bonchev–Trinajstić information content (AvgIpc) is 3.30. The zero-order valence-corrected chi connectivity index (χ0v) is 21.5. The number of hydrogen-bond acceptors (Lipinski definition) is 2. The van der Waals surface area contributed by atoms with Crippen molar-refractivity contribution in [2.45, 2.75) is 37.2 Å². The van der Waals surface area contributed by atoms with Crippen molar-refractivity contribution in [3.05, 3.63) is 57.4 Å². The van der Waals surface area contributed by atoms with Gasteiger partial charge in [-0.3, -0.25) is 0 Å². The molecular weight excluding hydrogens is 447 g/mol. The van der Waals surface area contributed by atoms with E-state index in [2.05, 4.69) is 43.9 Å². The Hall–Kier alpha value is -0.202. The molecule has 1 heterocycles. The number of halogens is 2. The Balaban J connectivity index is 0.00000131. The summed E-state index contributed by atoms with van der Waals surface area (Å²) >= 11 is -0.157. The molecule has 2 nitrogen and oxygen atoms in total. The fourth-order valence-electron chi connectivity index (χ4n) is 3.63. The Morgan fingerprint density at radius 1 is 1.04 bits per heavy atom. The average molecular weight is 471 g/mol. The largest absolute Gasteiger partial charge is 1.00 e. The van der Waals surface area contributed by atoms with Gasteiger partial charge in [-0.1, -0.05) is 0 Å². The summed E-state index contributed by atoms with van der Waals surface area (Å²) in [6.07, 6.45) is 4.38. The van der Waals surface area contributed by atoms with Crippen LogP contribution in [0.1, 0.15) is 24.0 Å². The van der Waals surface area contributed by atoms with Crippen LogP contribution in [0.2, 0.25) is 24.4 Å². The van der Waals surface area contributed by atoms with Crippen LogP contribution in [-0.4, -0.2) is 30.2 Å². The van der Waals surface area contributed by atoms with E-state index in [-0.39, 0.29) is 53.5 Å². The number of unbranched alkanes of at least 4 members (excludes halogenated alkanes) is 1. The van der Waals surface area contributed by atoms with Gasteiger partial charge in [0.15, 0.2) is 0 Å². The molecule has 1 aromatic rings. The van der Waals surface area contributed by atoms with Gasteiger partial charge in [0.05, 0.1) is 0 Å². The van der Waals surface area contributed by atoms with Crippen molar-refractivity contribution in [2.24, 2.45) is 0 Å². The summed E-state index contributed by atoms with van der Waals surface area (Å²) in [4.78, 5) is 12.2. The maximum atomic E-state index is 12.2. The van der Waals surface area contributed by atoms with E-state index in [1.165, 1.54) is 50.2 Å². The molecule has 1 aromatic carbocycles. The first kappa shape index (κ1) is 23.1. The van der Waals surface area contributed by atoms with Crippen molar-refractivity contribution >= 4 is 33.1 Å². The van der Waals surface area contributed by atoms with Crippen molar-refractivity contribution in [1.29, 1.82) is 0 Å². The Labute approximate surface area is 186 Å². The van der Waals surface area contributed by atoms with Crippen LogP contribution in [0, 0.1) is 0 Å². The topological polar surface area (TPSA) is 26.3 Å². The summed E-state index contributed by atoms with van der Waals surface area (Å²) in [5, 5.41) is 2.69. The maximum absolute atomic E-state index is 12.2. The second-order valence-electron chi connectivity index (χ2n) is 7.95. The van der Waals surface area contributed by atoms with Gasteiger partial charge in [0.25, 0.3) is 0 Å². The van der Waals surface area contributed by atoms with Crippen LogP contribution >= 0.6 is 0 Å². The summed E-state index contributed by atoms with van der Waals surface area (Å²) in [6, 6.07) is 8.72. The van der Waals surface area contributed by atoms with E-state index in [1.54, 1.807) is 3.88 Å². The summed E-state index contributed by atoms with van der Waals surface area (Å²) in [6.45, 7) is 7.69. The van der Waals surface area contributed by atoms with Gasteiger partial charge in [-0.2, -0.15) is 0 Å². The van der Waals surface area contributed by atoms with E-state index in [0.717, 1.165) is 6.61 Å². The number of fused-ring (bicyclic) bond motifs is 4. The fraction of sp³-hybridized carbons (Fsp3) is 0.350. The van der Waals surface area contributed by atoms with Gasteiger partial charge in [0.2, 0.25) is 0 Å². The van der Waals surface area contributed by atoms with Gasteiger partial charge in [0, 0.05) is 0 Å². The minimum Gasteiger partial charge on any atom is -1.00 e. The SMILES string of the molecule is C[Si](C)(C)OCCC[CH2][Ti+2][C]1=C2C(=CC(=O)C3=C2[SiH2]3)c2ccccc21.[Cl-].[Cl-]. The van der Waals surface area contributed by atoms with Gasteiger partial charge in [0.1, 0.15) is 0 Å². The molecule has 0 unspecified atom stereocenters. The number of hydrogen-bond donors (Lipinski definition) is 0. The van der Waals surface area contributed by atoms with Crippen LogP contribution in [0.15, 0.2) is 46.3 Å². The number of benzene rings is 1. The zero-order chi connectivity index (χ0) is 17.6. The van der Waals surface area contributed by atoms with Gasteiger partial charge in [-0.25, -0.2) is 0 Å². The molecule has 7 heteroatoms. The first-order valence-electron chi connectivity index (χ1n) is 9.16. The van der Waals surface area contributed by atoms with Gasteiger partial charge < -0.3 is 24.8 Å². The number of allylic oxidation sites excluding steroid dienone is 5. The summed E-state index contributed by atoms with van der Waals surface area (Å²) in [5.41, 5.74) is 5.47. The molecule has 0 amide bonds. The van der Waals surface area contributed by atoms with Crippen LogP contribution in [-0.2, 0) is 28.4 Å². The Morgan fingerprint density at radius 3 is 2.44 bits per heavy atom. The normalized spacial score (nSPS) is 17.4. The van der Waals surface area contributed by atoms with E-state index >= 15 is 0 Å². The molecule has 2 aliphatic carbocycles. The summed E-state index contributed by atoms with van der Waals surface area (Å²) in [5.74, 6) is 0.306. The van der Waals surface area contributed by atoms with E-state index in [1.807, 2.05) is 6.08 Å². The molecule has 0 saturated carbocycles. The first-order chi connectivity index (χ1) is 12.0. The molecule has 142 valence electrons. The second kappa shape index (κ2) is 9.08. The quantitative estimate of drug-likeness (QED) is 0.337. The first-order valence-corrected chi connectivity index (χ1v) is 15.9. The molecule has 0 bridgehead atoms. The molecule has 0 saturated heterocycles. The van der Waals surface area contributed by atoms with Crippen molar-refractivity contribution in [3.63, 3.8) is 0 Å². The second-order valence-corrected chi connectivity index (χ2v) is 16.3. The molecule has 1 aliphatic heterocycles. The summed E-state index contributed by atoms with van der Waals surface area (Å²) in [7, 11) is -1.73. The number of carbonyl (C=O) groups is 1. The molecule has 0 atom stereocenters. The molecule has 0 radical (unpaired) electrons. The Bertz CT molecular complexity index is 854. The molecule has 27 heavy (non-hydrogen) atoms. The zero-order valence-electron chi connectivity index (χ0n) is 16.0. The van der Waals surface area contributed by atoms with E-state index in [4.69, 9.17) is 4.43 Å². The molecule has 4 rings (SSSR count). The Kier molecular flexibility index (Phi) is 7.76. The monoisotopic (exact) mass is 470 g/mol. The van der Waals surface area contributed by atoms with Crippen molar-refractivity contribution in [1.82, 2.24) is 0 Å². The van der Waals surface area contributed by atoms with Crippen molar-refractivity contribution in [2.75, 3.05) is 6.61 Å². The third kappa shape index (κ3) is 4.87. The number of ketones is 1. The minimum atomic E-state index is -1.36. The van der Waals surface area contributed by atoms with E-state index in [0.29, 0.717) is 5.78 Å². The van der Waals surface area contributed by atoms with Gasteiger partial charge in [-0.05, 0) is 0 Å². The molecule has 0 fully saturated rings. The van der Waals surface area contributed by atoms with Crippen LogP contribution in [0.25, 0.3) is 9.45 Å². The molecule has 0 N–H and O–H groups in total. The van der Waals surface area contributed by atoms with Crippen molar-refractivity contribution in [3.8, 4) is 0 Å². The third-order valence-electron chi connectivity index (χ3n) is 4.88. The van der Waals surface area contributed by atoms with Crippen LogP contribution < -0.4 is 24.8 Å². The standard InChI is InChI=1S/C13H7OSi.C7H17OSi.2ClH.Ti/c14-11-6-9-8-4-2-1-3-7(8)5-10(9)12-13(11)15-12;1-5-6-7-8-9(2,3)4;;;/h1-4,6H,15H2;1,5-7H2,2-4H3;2*1H;/q;;;;+2/p-2. The van der Waals surface area contributed by atoms with Gasteiger partial charge >= 0.3 is 163 Å². The smallest absolute Gasteiger partial charge is 1.00 e. The van der Waals surface area contributed by atoms with Gasteiger partial charge in [-0.15, -0.1) is 0 Å². The van der Waals surface area contributed by atoms with Crippen molar-refractivity contribution < 1.29 is 53.2 Å². The van der Waals surface area contributed by atoms with E-state index < -0.39 is 8.32 Å². The molecule has 3 aliphatic rings. The molecule has 0 aromatic heterocycles. The number of carbonyl (C=O) groups excluding carboxylic acids is 1. The van der Waals surface area contributed by atoms with Crippen LogP contribution in [0.3, 0.4) is 0 Å². The third-order valence-corrected chi connectivity index (χ3v) is 10.0. The summed E-state index contributed by atoms with van der Waals surface area (Å²) < 4.78 is 8.92. The predicted molar refractivity (Wildman–Crippen MR) is 105 cm³/mol. The molecular formula is C20H24Cl2O2Si2Ti.